The van der Waals surface area contributed by atoms with Crippen LogP contribution in [0.4, 0.5) is 0 Å². The molecule has 0 bridgehead atoms. The summed E-state index contributed by atoms with van der Waals surface area (Å²) in [4.78, 5) is 23.6. The number of hydrazine groups is 1. The van der Waals surface area contributed by atoms with Crippen LogP contribution in [0.25, 0.3) is 0 Å². The summed E-state index contributed by atoms with van der Waals surface area (Å²) in [6.07, 6.45) is 0.568. The van der Waals surface area contributed by atoms with Crippen LogP contribution < -0.4 is 15.6 Å². The van der Waals surface area contributed by atoms with E-state index in [1.807, 2.05) is 6.92 Å². The number of hydrogen-bond acceptors (Lipinski definition) is 6. The fourth-order valence-corrected chi connectivity index (χ4v) is 5.63. The van der Waals surface area contributed by atoms with E-state index in [-0.39, 0.29) is 28.4 Å². The Kier molecular flexibility index (Phi) is 6.50. The van der Waals surface area contributed by atoms with Crippen molar-refractivity contribution in [2.45, 2.75) is 18.6 Å². The summed E-state index contributed by atoms with van der Waals surface area (Å²) >= 11 is 1.29. The number of thioether (sulfide) groups is 1. The second-order valence-corrected chi connectivity index (χ2v) is 8.81. The minimum Gasteiger partial charge on any atom is -0.494 e. The summed E-state index contributed by atoms with van der Waals surface area (Å²) in [5.74, 6) is 0.262. The van der Waals surface area contributed by atoms with Crippen molar-refractivity contribution >= 4 is 33.4 Å². The monoisotopic (exact) mass is 372 g/mol. The van der Waals surface area contributed by atoms with E-state index < -0.39 is 15.7 Å². The van der Waals surface area contributed by atoms with E-state index in [0.29, 0.717) is 24.3 Å². The lowest BCUT2D eigenvalue weighted by Crippen LogP contribution is -2.42. The Labute approximate surface area is 145 Å². The van der Waals surface area contributed by atoms with Gasteiger partial charge >= 0.3 is 0 Å². The quantitative estimate of drug-likeness (QED) is 0.715. The Morgan fingerprint density at radius 2 is 1.96 bits per heavy atom. The molecule has 1 saturated heterocycles. The van der Waals surface area contributed by atoms with Crippen LogP contribution in [0, 0.1) is 0 Å². The number of rotatable bonds is 6. The van der Waals surface area contributed by atoms with Crippen LogP contribution in [-0.4, -0.2) is 49.3 Å². The zero-order valence-corrected chi connectivity index (χ0v) is 14.9. The first-order valence-electron chi connectivity index (χ1n) is 7.53. The molecule has 1 aliphatic rings. The highest BCUT2D eigenvalue weighted by Crippen LogP contribution is 2.23. The molecule has 2 amide bonds. The first kappa shape index (κ1) is 18.6. The molecule has 1 aliphatic heterocycles. The van der Waals surface area contributed by atoms with Gasteiger partial charge in [0.05, 0.1) is 23.9 Å². The molecule has 7 nitrogen and oxygen atoms in total. The van der Waals surface area contributed by atoms with Crippen molar-refractivity contribution in [1.29, 1.82) is 0 Å². The molecule has 2 rings (SSSR count). The molecule has 1 aromatic rings. The first-order valence-corrected chi connectivity index (χ1v) is 10.4. The number of carbonyl (C=O) groups excluding carboxylic acids is 2. The number of hydrogen-bond donors (Lipinski definition) is 2. The standard InChI is InChI=1S/C15H20N2O5S2/c1-2-22-12-5-3-11(4-6-12)15(19)17-16-14(18)9-23-13-7-8-24(20,21)10-13/h3-6,13H,2,7-10H2,1H3,(H,16,18)(H,17,19)/t13-/m1/s1. The second kappa shape index (κ2) is 8.39. The molecule has 0 aromatic heterocycles. The van der Waals surface area contributed by atoms with Gasteiger partial charge in [-0.3, -0.25) is 20.4 Å². The van der Waals surface area contributed by atoms with Crippen LogP contribution in [0.5, 0.6) is 5.75 Å². The van der Waals surface area contributed by atoms with Gasteiger partial charge in [0, 0.05) is 10.8 Å². The van der Waals surface area contributed by atoms with Gasteiger partial charge in [0.15, 0.2) is 9.84 Å². The van der Waals surface area contributed by atoms with E-state index in [4.69, 9.17) is 4.74 Å². The van der Waals surface area contributed by atoms with Crippen molar-refractivity contribution in [2.75, 3.05) is 23.9 Å². The highest BCUT2D eigenvalue weighted by molar-refractivity contribution is 8.02. The summed E-state index contributed by atoms with van der Waals surface area (Å²) in [6, 6.07) is 6.56. The van der Waals surface area contributed by atoms with Crippen LogP contribution in [0.3, 0.4) is 0 Å². The normalized spacial score (nSPS) is 18.8. The molecule has 24 heavy (non-hydrogen) atoms. The largest absolute Gasteiger partial charge is 0.494 e. The van der Waals surface area contributed by atoms with Crippen LogP contribution in [-0.2, 0) is 14.6 Å². The third kappa shape index (κ3) is 5.72. The molecule has 1 atom stereocenters. The van der Waals surface area contributed by atoms with Crippen molar-refractivity contribution in [2.24, 2.45) is 0 Å². The van der Waals surface area contributed by atoms with Crippen molar-refractivity contribution in [3.8, 4) is 5.75 Å². The Balaban J connectivity index is 1.72. The van der Waals surface area contributed by atoms with Crippen molar-refractivity contribution < 1.29 is 22.7 Å². The summed E-state index contributed by atoms with van der Waals surface area (Å²) in [7, 11) is -2.95. The van der Waals surface area contributed by atoms with Gasteiger partial charge in [-0.05, 0) is 37.6 Å². The zero-order chi connectivity index (χ0) is 17.6. The molecule has 0 aliphatic carbocycles. The predicted molar refractivity (Wildman–Crippen MR) is 92.7 cm³/mol. The van der Waals surface area contributed by atoms with Gasteiger partial charge in [0.2, 0.25) is 5.91 Å². The fraction of sp³-hybridized carbons (Fsp3) is 0.467. The molecule has 1 heterocycles. The van der Waals surface area contributed by atoms with Crippen LogP contribution in [0.2, 0.25) is 0 Å². The maximum atomic E-state index is 11.9. The smallest absolute Gasteiger partial charge is 0.269 e. The molecular formula is C15H20N2O5S2. The average molecular weight is 372 g/mol. The third-order valence-electron chi connectivity index (χ3n) is 3.38. The third-order valence-corrected chi connectivity index (χ3v) is 6.67. The van der Waals surface area contributed by atoms with Gasteiger partial charge in [0.1, 0.15) is 5.75 Å². The minimum atomic E-state index is -2.95. The van der Waals surface area contributed by atoms with Gasteiger partial charge in [-0.1, -0.05) is 0 Å². The Morgan fingerprint density at radius 1 is 1.25 bits per heavy atom. The summed E-state index contributed by atoms with van der Waals surface area (Å²) in [5.41, 5.74) is 5.05. The number of benzene rings is 1. The van der Waals surface area contributed by atoms with Crippen LogP contribution in [0.15, 0.2) is 24.3 Å². The van der Waals surface area contributed by atoms with Gasteiger partial charge in [0.25, 0.3) is 5.91 Å². The lowest BCUT2D eigenvalue weighted by atomic mass is 10.2. The summed E-state index contributed by atoms with van der Waals surface area (Å²) in [5, 5.41) is -0.0532. The maximum absolute atomic E-state index is 11.9. The van der Waals surface area contributed by atoms with E-state index in [0.717, 1.165) is 0 Å². The highest BCUT2D eigenvalue weighted by atomic mass is 32.2. The van der Waals surface area contributed by atoms with Crippen molar-refractivity contribution in [1.82, 2.24) is 10.9 Å². The molecule has 0 radical (unpaired) electrons. The SMILES string of the molecule is CCOc1ccc(C(=O)NNC(=O)CS[C@@H]2CCS(=O)(=O)C2)cc1. The number of carbonyl (C=O) groups is 2. The fourth-order valence-electron chi connectivity index (χ4n) is 2.19. The molecule has 0 saturated carbocycles. The maximum Gasteiger partial charge on any atom is 0.269 e. The molecule has 0 spiro atoms. The lowest BCUT2D eigenvalue weighted by molar-refractivity contribution is -0.119. The Hall–Kier alpha value is -1.74. The summed E-state index contributed by atoms with van der Waals surface area (Å²) in [6.45, 7) is 2.41. The molecular weight excluding hydrogens is 352 g/mol. The number of ether oxygens (including phenoxy) is 1. The van der Waals surface area contributed by atoms with Gasteiger partial charge in [-0.25, -0.2) is 8.42 Å². The zero-order valence-electron chi connectivity index (χ0n) is 13.3. The lowest BCUT2D eigenvalue weighted by Gasteiger charge is -2.10. The Bertz CT molecular complexity index is 688. The van der Waals surface area contributed by atoms with E-state index in [1.165, 1.54) is 11.8 Å². The van der Waals surface area contributed by atoms with Crippen LogP contribution in [0.1, 0.15) is 23.7 Å². The van der Waals surface area contributed by atoms with Crippen molar-refractivity contribution in [3.05, 3.63) is 29.8 Å². The molecule has 1 fully saturated rings. The minimum absolute atomic E-state index is 0.0532. The molecule has 132 valence electrons. The van der Waals surface area contributed by atoms with E-state index >= 15 is 0 Å². The summed E-state index contributed by atoms with van der Waals surface area (Å²) < 4.78 is 28.0. The second-order valence-electron chi connectivity index (χ2n) is 5.30. The first-order chi connectivity index (χ1) is 11.4. The number of nitrogens with one attached hydrogen (secondary N) is 2. The van der Waals surface area contributed by atoms with E-state index in [2.05, 4.69) is 10.9 Å². The topological polar surface area (TPSA) is 102 Å². The van der Waals surface area contributed by atoms with E-state index in [9.17, 15) is 18.0 Å². The Morgan fingerprint density at radius 3 is 2.54 bits per heavy atom. The average Bonchev–Trinajstić information content (AvgIpc) is 2.91. The van der Waals surface area contributed by atoms with Crippen molar-refractivity contribution in [3.63, 3.8) is 0 Å². The van der Waals surface area contributed by atoms with Gasteiger partial charge < -0.3 is 4.74 Å². The predicted octanol–water partition coefficient (Wildman–Crippen LogP) is 0.767. The van der Waals surface area contributed by atoms with Gasteiger partial charge in [-0.15, -0.1) is 11.8 Å². The number of amides is 2. The molecule has 2 N–H and O–H groups in total. The van der Waals surface area contributed by atoms with Gasteiger partial charge in [-0.2, -0.15) is 0 Å². The number of sulfone groups is 1. The molecule has 0 unspecified atom stereocenters. The van der Waals surface area contributed by atoms with Crippen LogP contribution >= 0.6 is 11.8 Å². The molecule has 9 heteroatoms. The van der Waals surface area contributed by atoms with E-state index in [1.54, 1.807) is 24.3 Å². The molecule has 1 aromatic carbocycles. The highest BCUT2D eigenvalue weighted by Gasteiger charge is 2.28.